The molecule has 1 N–H and O–H groups in total. The molecule has 0 unspecified atom stereocenters. The number of anilines is 1. The minimum Gasteiger partial charge on any atom is -0.286 e. The summed E-state index contributed by atoms with van der Waals surface area (Å²) in [6, 6.07) is 2.46. The van der Waals surface area contributed by atoms with Gasteiger partial charge in [0.2, 0.25) is 10.9 Å². The summed E-state index contributed by atoms with van der Waals surface area (Å²) in [4.78, 5) is 0. The number of halogens is 4. The van der Waals surface area contributed by atoms with Crippen LogP contribution in [-0.2, 0) is 17.1 Å². The molecular weight excluding hydrogens is 278 g/mol. The molecule has 0 heterocycles. The van der Waals surface area contributed by atoms with Crippen molar-refractivity contribution in [3.63, 3.8) is 0 Å². The zero-order chi connectivity index (χ0) is 11.6. The first-order valence-electron chi connectivity index (χ1n) is 3.58. The van der Waals surface area contributed by atoms with Crippen LogP contribution in [0.4, 0.5) is 18.9 Å². The summed E-state index contributed by atoms with van der Waals surface area (Å²) in [5, 5.41) is -0.191. The molecule has 3 nitrogen and oxygen atoms in total. The van der Waals surface area contributed by atoms with Gasteiger partial charge in [0, 0.05) is 34.6 Å². The van der Waals surface area contributed by atoms with Crippen LogP contribution in [0.5, 0.6) is 0 Å². The Balaban J connectivity index is 0.00000225. The van der Waals surface area contributed by atoms with Gasteiger partial charge in [0.25, 0.3) is 0 Å². The van der Waals surface area contributed by atoms with E-state index in [1.54, 1.807) is 0 Å². The Morgan fingerprint density at radius 1 is 1.19 bits per heavy atom. The van der Waals surface area contributed by atoms with Gasteiger partial charge >= 0.3 is 6.18 Å². The van der Waals surface area contributed by atoms with E-state index < -0.39 is 22.6 Å². The number of alkyl halides is 3. The van der Waals surface area contributed by atoms with E-state index in [4.69, 9.17) is 11.6 Å². The molecule has 0 aromatic heterocycles. The van der Waals surface area contributed by atoms with Gasteiger partial charge < -0.3 is 0 Å². The Labute approximate surface area is 118 Å². The first-order valence-corrected chi connectivity index (χ1v) is 5.13. The van der Waals surface area contributed by atoms with Crippen molar-refractivity contribution in [2.45, 2.75) is 6.18 Å². The second-order valence-corrected chi connectivity index (χ2v) is 3.77. The van der Waals surface area contributed by atoms with Gasteiger partial charge in [-0.1, -0.05) is 11.6 Å². The van der Waals surface area contributed by atoms with E-state index in [0.29, 0.717) is 12.1 Å². The fourth-order valence-corrected chi connectivity index (χ4v) is 1.50. The molecule has 16 heavy (non-hydrogen) atoms. The van der Waals surface area contributed by atoms with Crippen LogP contribution in [0.1, 0.15) is 5.56 Å². The van der Waals surface area contributed by atoms with Crippen molar-refractivity contribution in [1.82, 2.24) is 0 Å². The average Bonchev–Trinajstić information content (AvgIpc) is 1.99. The molecule has 0 fully saturated rings. The minimum absolute atomic E-state index is 0. The zero-order valence-corrected chi connectivity index (χ0v) is 11.7. The molecule has 0 aliphatic heterocycles. The van der Waals surface area contributed by atoms with Crippen molar-refractivity contribution in [3.05, 3.63) is 28.8 Å². The second kappa shape index (κ2) is 6.11. The van der Waals surface area contributed by atoms with Crippen LogP contribution in [0.3, 0.4) is 0 Å². The summed E-state index contributed by atoms with van der Waals surface area (Å²) in [5.41, 5.74) is -1.22. The summed E-state index contributed by atoms with van der Waals surface area (Å²) >= 11 is 5.40. The van der Waals surface area contributed by atoms with Crippen LogP contribution >= 0.6 is 11.6 Å². The molecule has 0 saturated carbocycles. The van der Waals surface area contributed by atoms with Gasteiger partial charge in [-0.15, -0.1) is 0 Å². The second-order valence-electron chi connectivity index (χ2n) is 2.60. The van der Waals surface area contributed by atoms with Crippen LogP contribution in [0.15, 0.2) is 18.2 Å². The molecule has 0 atom stereocenters. The molecule has 1 aromatic carbocycles. The Bertz CT molecular complexity index is 442. The standard InChI is InChI=1S/C7H5ClF3NO2S.Na/c8-5-1-4(7(9,10)11)2-6(3-5)12-15(13)14;/h1-3,15H,(H,12,13,14);. The van der Waals surface area contributed by atoms with Crippen molar-refractivity contribution < 1.29 is 21.6 Å². The molecule has 1 aromatic rings. The predicted octanol–water partition coefficient (Wildman–Crippen LogP) is 1.92. The fraction of sp³-hybridized carbons (Fsp3) is 0.143. The van der Waals surface area contributed by atoms with Gasteiger partial charge in [0.05, 0.1) is 11.3 Å². The maximum absolute atomic E-state index is 12.2. The van der Waals surface area contributed by atoms with E-state index in [9.17, 15) is 21.6 Å². The summed E-state index contributed by atoms with van der Waals surface area (Å²) in [6.07, 6.45) is -4.56. The quantitative estimate of drug-likeness (QED) is 0.643. The number of hydrogen-bond acceptors (Lipinski definition) is 2. The third kappa shape index (κ3) is 4.92. The van der Waals surface area contributed by atoms with Gasteiger partial charge in [-0.2, -0.15) is 13.2 Å². The Hall–Kier alpha value is 0.0500. The van der Waals surface area contributed by atoms with E-state index in [0.717, 1.165) is 6.07 Å². The SMILES string of the molecule is O=[SH](=O)Nc1cc(Cl)cc(C(F)(F)F)c1.[Na]. The van der Waals surface area contributed by atoms with E-state index in [2.05, 4.69) is 0 Å². The van der Waals surface area contributed by atoms with Crippen molar-refractivity contribution in [3.8, 4) is 0 Å². The molecule has 0 spiro atoms. The Kier molecular flexibility index (Phi) is 6.13. The molecule has 9 heteroatoms. The number of thiol groups is 1. The molecule has 0 aliphatic carbocycles. The normalized spacial score (nSPS) is 11.1. The van der Waals surface area contributed by atoms with E-state index in [1.165, 1.54) is 0 Å². The van der Waals surface area contributed by atoms with Crippen molar-refractivity contribution in [2.24, 2.45) is 0 Å². The van der Waals surface area contributed by atoms with Crippen molar-refractivity contribution in [1.29, 1.82) is 0 Å². The van der Waals surface area contributed by atoms with Crippen molar-refractivity contribution >= 4 is 57.7 Å². The van der Waals surface area contributed by atoms with E-state index in [1.807, 2.05) is 4.72 Å². The average molecular weight is 283 g/mol. The Morgan fingerprint density at radius 3 is 2.19 bits per heavy atom. The van der Waals surface area contributed by atoms with E-state index in [-0.39, 0.29) is 40.3 Å². The zero-order valence-electron chi connectivity index (χ0n) is 8.01. The maximum Gasteiger partial charge on any atom is 0.416 e. The smallest absolute Gasteiger partial charge is 0.286 e. The largest absolute Gasteiger partial charge is 0.416 e. The molecular formula is C7H5ClF3NNaO2S. The summed E-state index contributed by atoms with van der Waals surface area (Å²) in [6.45, 7) is 0. The first kappa shape index (κ1) is 16.1. The first-order chi connectivity index (χ1) is 6.79. The van der Waals surface area contributed by atoms with E-state index >= 15 is 0 Å². The van der Waals surface area contributed by atoms with Gasteiger partial charge in [-0.25, -0.2) is 8.42 Å². The van der Waals surface area contributed by atoms with Crippen LogP contribution in [0.25, 0.3) is 0 Å². The van der Waals surface area contributed by atoms with Gasteiger partial charge in [0.15, 0.2) is 0 Å². The monoisotopic (exact) mass is 282 g/mol. The third-order valence-corrected chi connectivity index (χ3v) is 2.10. The number of rotatable bonds is 2. The molecule has 0 bridgehead atoms. The van der Waals surface area contributed by atoms with Crippen LogP contribution in [0, 0.1) is 0 Å². The molecule has 1 radical (unpaired) electrons. The number of hydrogen-bond donors (Lipinski definition) is 2. The minimum atomic E-state index is -4.56. The molecule has 0 saturated heterocycles. The molecule has 1 rings (SSSR count). The number of benzene rings is 1. The molecule has 85 valence electrons. The van der Waals surface area contributed by atoms with Gasteiger partial charge in [0.1, 0.15) is 0 Å². The van der Waals surface area contributed by atoms with Gasteiger partial charge in [-0.05, 0) is 18.2 Å². The van der Waals surface area contributed by atoms with Crippen molar-refractivity contribution in [2.75, 3.05) is 4.72 Å². The maximum atomic E-state index is 12.2. The van der Waals surface area contributed by atoms with Crippen LogP contribution in [-0.4, -0.2) is 38.0 Å². The third-order valence-electron chi connectivity index (χ3n) is 1.45. The molecule has 0 amide bonds. The van der Waals surface area contributed by atoms with Crippen LogP contribution in [0.2, 0.25) is 5.02 Å². The number of nitrogens with one attached hydrogen (secondary N) is 1. The summed E-state index contributed by atoms with van der Waals surface area (Å²) < 4.78 is 59.1. The van der Waals surface area contributed by atoms with Gasteiger partial charge in [-0.3, -0.25) is 4.72 Å². The molecule has 0 aliphatic rings. The predicted molar refractivity (Wildman–Crippen MR) is 56.1 cm³/mol. The summed E-state index contributed by atoms with van der Waals surface area (Å²) in [5.74, 6) is 0. The fourth-order valence-electron chi connectivity index (χ4n) is 0.923. The summed E-state index contributed by atoms with van der Waals surface area (Å²) in [7, 11) is -3.01. The van der Waals surface area contributed by atoms with Crippen LogP contribution < -0.4 is 4.72 Å². The topological polar surface area (TPSA) is 46.2 Å². The Morgan fingerprint density at radius 2 is 1.75 bits per heavy atom.